The maximum atomic E-state index is 2.43. The van der Waals surface area contributed by atoms with Crippen LogP contribution in [0.3, 0.4) is 0 Å². The lowest BCUT2D eigenvalue weighted by molar-refractivity contribution is 0.759. The summed E-state index contributed by atoms with van der Waals surface area (Å²) in [6.45, 7) is 4.44. The first-order valence-corrected chi connectivity index (χ1v) is 8.05. The third-order valence-electron chi connectivity index (χ3n) is 4.56. The largest absolute Gasteiger partial charge is 0.319 e. The van der Waals surface area contributed by atoms with E-state index in [0.717, 1.165) is 0 Å². The number of anilines is 4. The monoisotopic (exact) mass is 300 g/mol. The van der Waals surface area contributed by atoms with Gasteiger partial charge in [-0.05, 0) is 49.7 Å². The van der Waals surface area contributed by atoms with Gasteiger partial charge in [-0.3, -0.25) is 0 Å². The van der Waals surface area contributed by atoms with E-state index >= 15 is 0 Å². The lowest BCUT2D eigenvalue weighted by Gasteiger charge is -2.31. The molecule has 23 heavy (non-hydrogen) atoms. The van der Waals surface area contributed by atoms with Gasteiger partial charge in [0.15, 0.2) is 0 Å². The topological polar surface area (TPSA) is 6.48 Å². The van der Waals surface area contributed by atoms with Crippen molar-refractivity contribution in [3.05, 3.63) is 84.4 Å². The van der Waals surface area contributed by atoms with E-state index in [9.17, 15) is 0 Å². The Bertz CT molecular complexity index is 826. The quantitative estimate of drug-likeness (QED) is 0.605. The van der Waals surface area contributed by atoms with Crippen LogP contribution >= 0.6 is 0 Å². The molecule has 1 aliphatic heterocycles. The molecule has 0 spiro atoms. The highest BCUT2D eigenvalue weighted by Crippen LogP contribution is 2.47. The number of aryl methyl sites for hydroxylation is 1. The van der Waals surface area contributed by atoms with Gasteiger partial charge in [-0.1, -0.05) is 48.5 Å². The maximum absolute atomic E-state index is 2.43. The molecule has 0 N–H and O–H groups in total. The SMILES string of the molecule is Cc1ccccc1N1c2ccccc2N(c2ccccc2)[C@@H]1C. The van der Waals surface area contributed by atoms with Gasteiger partial charge in [-0.15, -0.1) is 0 Å². The van der Waals surface area contributed by atoms with Crippen molar-refractivity contribution >= 4 is 22.7 Å². The highest BCUT2D eigenvalue weighted by Gasteiger charge is 2.34. The van der Waals surface area contributed by atoms with Crippen molar-refractivity contribution < 1.29 is 0 Å². The zero-order valence-electron chi connectivity index (χ0n) is 13.5. The summed E-state index contributed by atoms with van der Waals surface area (Å²) in [5.74, 6) is 0. The Hall–Kier alpha value is -2.74. The van der Waals surface area contributed by atoms with Crippen LogP contribution in [0.2, 0.25) is 0 Å². The van der Waals surface area contributed by atoms with Gasteiger partial charge in [0.2, 0.25) is 0 Å². The van der Waals surface area contributed by atoms with E-state index in [1.54, 1.807) is 0 Å². The minimum absolute atomic E-state index is 0.232. The summed E-state index contributed by atoms with van der Waals surface area (Å²) in [5.41, 5.74) is 6.31. The first kappa shape index (κ1) is 13.9. The number of benzene rings is 3. The number of hydrogen-bond donors (Lipinski definition) is 0. The molecule has 3 aromatic rings. The van der Waals surface area contributed by atoms with Crippen LogP contribution in [-0.2, 0) is 0 Å². The van der Waals surface area contributed by atoms with Crippen LogP contribution < -0.4 is 9.80 Å². The Morgan fingerprint density at radius 3 is 1.78 bits per heavy atom. The number of nitrogens with zero attached hydrogens (tertiary/aromatic N) is 2. The van der Waals surface area contributed by atoms with Crippen LogP contribution in [0, 0.1) is 6.92 Å². The minimum Gasteiger partial charge on any atom is -0.319 e. The van der Waals surface area contributed by atoms with E-state index in [2.05, 4.69) is 103 Å². The van der Waals surface area contributed by atoms with E-state index in [1.807, 2.05) is 0 Å². The summed E-state index contributed by atoms with van der Waals surface area (Å²) in [5, 5.41) is 0. The highest BCUT2D eigenvalue weighted by molar-refractivity contribution is 5.88. The van der Waals surface area contributed by atoms with Crippen molar-refractivity contribution in [2.75, 3.05) is 9.80 Å². The fraction of sp³-hybridized carbons (Fsp3) is 0.143. The summed E-state index contributed by atoms with van der Waals surface area (Å²) in [6, 6.07) is 27.9. The van der Waals surface area contributed by atoms with Gasteiger partial charge in [0.05, 0.1) is 11.4 Å². The van der Waals surface area contributed by atoms with E-state index in [-0.39, 0.29) is 6.17 Å². The predicted molar refractivity (Wildman–Crippen MR) is 97.8 cm³/mol. The second-order valence-electron chi connectivity index (χ2n) is 5.98. The molecular formula is C21H20N2. The molecule has 0 aromatic heterocycles. The predicted octanol–water partition coefficient (Wildman–Crippen LogP) is 5.63. The molecule has 0 fully saturated rings. The van der Waals surface area contributed by atoms with Crippen molar-refractivity contribution in [3.63, 3.8) is 0 Å². The second-order valence-corrected chi connectivity index (χ2v) is 5.98. The fourth-order valence-electron chi connectivity index (χ4n) is 3.50. The standard InChI is InChI=1S/C21H20N2/c1-16-10-6-7-13-19(16)23-17(2)22(18-11-4-3-5-12-18)20-14-8-9-15-21(20)23/h3-15,17H,1-2H3/t17-/m0/s1. The zero-order chi connectivity index (χ0) is 15.8. The fourth-order valence-corrected chi connectivity index (χ4v) is 3.50. The summed E-state index contributed by atoms with van der Waals surface area (Å²) in [6.07, 6.45) is 0.232. The second kappa shape index (κ2) is 5.47. The molecule has 1 heterocycles. The van der Waals surface area contributed by atoms with Crippen LogP contribution in [0.15, 0.2) is 78.9 Å². The van der Waals surface area contributed by atoms with Crippen LogP contribution in [-0.4, -0.2) is 6.17 Å². The average Bonchev–Trinajstić information content (AvgIpc) is 2.88. The number of rotatable bonds is 2. The van der Waals surface area contributed by atoms with Gasteiger partial charge in [0.25, 0.3) is 0 Å². The van der Waals surface area contributed by atoms with E-state index in [1.165, 1.54) is 28.3 Å². The van der Waals surface area contributed by atoms with E-state index < -0.39 is 0 Å². The molecule has 0 unspecified atom stereocenters. The van der Waals surface area contributed by atoms with E-state index in [0.29, 0.717) is 0 Å². The molecule has 0 amide bonds. The minimum atomic E-state index is 0.232. The van der Waals surface area contributed by atoms with Crippen LogP contribution in [0.1, 0.15) is 12.5 Å². The van der Waals surface area contributed by atoms with Crippen molar-refractivity contribution in [2.24, 2.45) is 0 Å². The van der Waals surface area contributed by atoms with Crippen molar-refractivity contribution in [2.45, 2.75) is 20.0 Å². The molecule has 0 bridgehead atoms. The van der Waals surface area contributed by atoms with Gasteiger partial charge in [-0.2, -0.15) is 0 Å². The maximum Gasteiger partial charge on any atom is 0.108 e. The summed E-state index contributed by atoms with van der Waals surface area (Å²) in [4.78, 5) is 4.83. The Balaban J connectivity index is 1.89. The molecule has 1 aliphatic rings. The molecule has 2 heteroatoms. The molecular weight excluding hydrogens is 280 g/mol. The molecule has 114 valence electrons. The molecule has 0 saturated heterocycles. The van der Waals surface area contributed by atoms with Gasteiger partial charge >= 0.3 is 0 Å². The molecule has 0 aliphatic carbocycles. The lowest BCUT2D eigenvalue weighted by Crippen LogP contribution is -2.35. The van der Waals surface area contributed by atoms with Crippen LogP contribution in [0.25, 0.3) is 0 Å². The third-order valence-corrected chi connectivity index (χ3v) is 4.56. The van der Waals surface area contributed by atoms with Gasteiger partial charge in [-0.25, -0.2) is 0 Å². The first-order valence-electron chi connectivity index (χ1n) is 8.05. The van der Waals surface area contributed by atoms with Crippen molar-refractivity contribution in [1.82, 2.24) is 0 Å². The molecule has 2 nitrogen and oxygen atoms in total. The summed E-state index contributed by atoms with van der Waals surface area (Å²) >= 11 is 0. The van der Waals surface area contributed by atoms with Crippen molar-refractivity contribution in [1.29, 1.82) is 0 Å². The van der Waals surface area contributed by atoms with Gasteiger partial charge in [0.1, 0.15) is 6.17 Å². The molecule has 3 aromatic carbocycles. The molecule has 4 rings (SSSR count). The number of hydrogen-bond acceptors (Lipinski definition) is 2. The zero-order valence-corrected chi connectivity index (χ0v) is 13.5. The van der Waals surface area contributed by atoms with Gasteiger partial charge < -0.3 is 9.80 Å². The summed E-state index contributed by atoms with van der Waals surface area (Å²) < 4.78 is 0. The highest BCUT2D eigenvalue weighted by atomic mass is 15.4. The average molecular weight is 300 g/mol. The Labute approximate surface area is 137 Å². The van der Waals surface area contributed by atoms with Gasteiger partial charge in [0, 0.05) is 11.4 Å². The smallest absolute Gasteiger partial charge is 0.108 e. The summed E-state index contributed by atoms with van der Waals surface area (Å²) in [7, 11) is 0. The Kier molecular flexibility index (Phi) is 3.30. The number of fused-ring (bicyclic) bond motifs is 1. The molecule has 1 atom stereocenters. The molecule has 0 saturated carbocycles. The first-order chi connectivity index (χ1) is 11.3. The Morgan fingerprint density at radius 1 is 0.609 bits per heavy atom. The third kappa shape index (κ3) is 2.18. The Morgan fingerprint density at radius 2 is 1.13 bits per heavy atom. The van der Waals surface area contributed by atoms with Crippen LogP contribution in [0.4, 0.5) is 22.7 Å². The lowest BCUT2D eigenvalue weighted by atomic mass is 10.1. The van der Waals surface area contributed by atoms with Crippen LogP contribution in [0.5, 0.6) is 0 Å². The van der Waals surface area contributed by atoms with E-state index in [4.69, 9.17) is 0 Å². The number of para-hydroxylation sites is 4. The normalized spacial score (nSPS) is 16.5. The van der Waals surface area contributed by atoms with Crippen molar-refractivity contribution in [3.8, 4) is 0 Å². The molecule has 0 radical (unpaired) electrons.